The van der Waals surface area contributed by atoms with Crippen LogP contribution in [0, 0.1) is 5.82 Å². The summed E-state index contributed by atoms with van der Waals surface area (Å²) < 4.78 is 51.8. The number of nitrogens with zero attached hydrogens (tertiary/aromatic N) is 4. The molecule has 0 spiro atoms. The zero-order valence-corrected chi connectivity index (χ0v) is 21.2. The maximum atomic E-state index is 15.2. The average Bonchev–Trinajstić information content (AvgIpc) is 3.31. The van der Waals surface area contributed by atoms with Gasteiger partial charge in [0.1, 0.15) is 5.82 Å². The van der Waals surface area contributed by atoms with Crippen LogP contribution in [0.3, 0.4) is 0 Å². The number of aromatic nitrogens is 2. The van der Waals surface area contributed by atoms with Crippen molar-refractivity contribution >= 4 is 51.5 Å². The van der Waals surface area contributed by atoms with Gasteiger partial charge < -0.3 is 24.8 Å². The first kappa shape index (κ1) is 26.3. The van der Waals surface area contributed by atoms with Crippen molar-refractivity contribution < 1.29 is 26.9 Å². The van der Waals surface area contributed by atoms with Crippen LogP contribution in [0.4, 0.5) is 16.1 Å². The van der Waals surface area contributed by atoms with Gasteiger partial charge in [-0.2, -0.15) is 4.98 Å². The van der Waals surface area contributed by atoms with Gasteiger partial charge in [-0.3, -0.25) is 4.79 Å². The topological polar surface area (TPSA) is 132 Å². The first-order valence-electron chi connectivity index (χ1n) is 10.8. The monoisotopic (exact) mass is 557 g/mol. The molecule has 0 aliphatic carbocycles. The highest BCUT2D eigenvalue weighted by Crippen LogP contribution is 2.37. The molecule has 2 aromatic carbocycles. The maximum absolute atomic E-state index is 15.2. The van der Waals surface area contributed by atoms with Crippen LogP contribution in [0.2, 0.25) is 5.02 Å². The van der Waals surface area contributed by atoms with E-state index in [0.717, 1.165) is 6.07 Å². The molecule has 1 fully saturated rings. The lowest BCUT2D eigenvalue weighted by molar-refractivity contribution is -0.119. The molecular formula is C22H22Cl2FN5O5S. The molecule has 192 valence electrons. The van der Waals surface area contributed by atoms with Crippen molar-refractivity contribution in [2.75, 3.05) is 41.9 Å². The van der Waals surface area contributed by atoms with Crippen LogP contribution in [-0.2, 0) is 25.9 Å². The Bertz CT molecular complexity index is 1380. The standard InChI is InChI=1S/C22H21ClFN5O5S.ClH/c23-14-3-1-13(2-4-14)11-29-18-9-15(20-26-22(34-27-20)28-5-7-33-8-6-28)16(24)10-19(18)35(31,32)12-17(25)21(29)30;/h1-4,9-10,17H,5-8,11-12,25H2;1H/t17-;/m0./s1. The zero-order chi connectivity index (χ0) is 24.7. The number of fused-ring (bicyclic) bond motifs is 1. The van der Waals surface area contributed by atoms with Crippen LogP contribution in [0.1, 0.15) is 5.56 Å². The van der Waals surface area contributed by atoms with Crippen LogP contribution in [-0.4, -0.2) is 62.6 Å². The van der Waals surface area contributed by atoms with Crippen molar-refractivity contribution in [1.82, 2.24) is 10.1 Å². The lowest BCUT2D eigenvalue weighted by Crippen LogP contribution is -2.45. The Kier molecular flexibility index (Phi) is 7.53. The Morgan fingerprint density at radius 1 is 1.17 bits per heavy atom. The molecule has 1 amide bonds. The minimum atomic E-state index is -4.06. The van der Waals surface area contributed by atoms with Crippen molar-refractivity contribution in [1.29, 1.82) is 0 Å². The molecule has 14 heteroatoms. The first-order valence-corrected chi connectivity index (χ1v) is 12.8. The highest BCUT2D eigenvalue weighted by Gasteiger charge is 2.37. The van der Waals surface area contributed by atoms with Crippen molar-refractivity contribution in [2.45, 2.75) is 17.5 Å². The van der Waals surface area contributed by atoms with E-state index in [1.807, 2.05) is 0 Å². The number of morpholine rings is 1. The van der Waals surface area contributed by atoms with E-state index in [9.17, 15) is 13.2 Å². The van der Waals surface area contributed by atoms with E-state index >= 15 is 4.39 Å². The second-order valence-corrected chi connectivity index (χ2v) is 10.7. The smallest absolute Gasteiger partial charge is 0.324 e. The highest BCUT2D eigenvalue weighted by molar-refractivity contribution is 7.91. The molecule has 5 rings (SSSR count). The van der Waals surface area contributed by atoms with Crippen molar-refractivity contribution in [2.24, 2.45) is 5.73 Å². The second kappa shape index (κ2) is 10.3. The maximum Gasteiger partial charge on any atom is 0.324 e. The minimum absolute atomic E-state index is 0. The number of nitrogens with two attached hydrogens (primary N) is 1. The number of hydrogen-bond acceptors (Lipinski definition) is 9. The molecule has 1 saturated heterocycles. The number of hydrogen-bond donors (Lipinski definition) is 1. The molecule has 3 heterocycles. The molecule has 0 radical (unpaired) electrons. The number of benzene rings is 2. The molecule has 0 saturated carbocycles. The molecule has 2 aliphatic heterocycles. The van der Waals surface area contributed by atoms with Crippen LogP contribution in [0.15, 0.2) is 45.8 Å². The summed E-state index contributed by atoms with van der Waals surface area (Å²) >= 11 is 5.96. The Morgan fingerprint density at radius 3 is 2.56 bits per heavy atom. The van der Waals surface area contributed by atoms with E-state index < -0.39 is 33.4 Å². The normalized spacial score (nSPS) is 19.4. The molecular weight excluding hydrogens is 536 g/mol. The third-order valence-corrected chi connectivity index (χ3v) is 7.90. The van der Waals surface area contributed by atoms with Gasteiger partial charge in [-0.25, -0.2) is 12.8 Å². The Morgan fingerprint density at radius 2 is 1.86 bits per heavy atom. The molecule has 2 N–H and O–H groups in total. The molecule has 1 aromatic heterocycles. The van der Waals surface area contributed by atoms with E-state index in [1.54, 1.807) is 29.2 Å². The van der Waals surface area contributed by atoms with Crippen LogP contribution >= 0.6 is 24.0 Å². The summed E-state index contributed by atoms with van der Waals surface area (Å²) in [6, 6.07) is 7.73. The summed E-state index contributed by atoms with van der Waals surface area (Å²) in [6.45, 7) is 2.06. The minimum Gasteiger partial charge on any atom is -0.378 e. The van der Waals surface area contributed by atoms with Crippen molar-refractivity contribution in [3.8, 4) is 11.4 Å². The van der Waals surface area contributed by atoms with Gasteiger partial charge in [0.05, 0.1) is 47.7 Å². The predicted octanol–water partition coefficient (Wildman–Crippen LogP) is 2.44. The molecule has 10 nitrogen and oxygen atoms in total. The summed E-state index contributed by atoms with van der Waals surface area (Å²) in [4.78, 5) is 20.2. The zero-order valence-electron chi connectivity index (χ0n) is 18.8. The van der Waals surface area contributed by atoms with Gasteiger partial charge in [0.2, 0.25) is 11.7 Å². The average molecular weight is 558 g/mol. The van der Waals surface area contributed by atoms with Crippen LogP contribution < -0.4 is 15.5 Å². The molecule has 0 bridgehead atoms. The van der Waals surface area contributed by atoms with Crippen molar-refractivity contribution in [3.05, 3.63) is 52.8 Å². The van der Waals surface area contributed by atoms with Gasteiger partial charge >= 0.3 is 6.01 Å². The molecule has 3 aromatic rings. The van der Waals surface area contributed by atoms with Gasteiger partial charge in [-0.05, 0) is 29.8 Å². The number of ether oxygens (including phenoxy) is 1. The molecule has 36 heavy (non-hydrogen) atoms. The third-order valence-electron chi connectivity index (χ3n) is 5.85. The van der Waals surface area contributed by atoms with Gasteiger partial charge in [-0.1, -0.05) is 28.9 Å². The number of sulfone groups is 1. The number of anilines is 2. The van der Waals surface area contributed by atoms with Gasteiger partial charge in [0, 0.05) is 18.1 Å². The largest absolute Gasteiger partial charge is 0.378 e. The number of halogens is 3. The van der Waals surface area contributed by atoms with E-state index in [1.165, 1.54) is 11.0 Å². The SMILES string of the molecule is Cl.N[C@H]1CS(=O)(=O)c2cc(F)c(-c3noc(N4CCOCC4)n3)cc2N(Cc2ccc(Cl)cc2)C1=O. The number of amides is 1. The number of rotatable bonds is 4. The Labute approximate surface area is 217 Å². The van der Waals surface area contributed by atoms with Gasteiger partial charge in [0.15, 0.2) is 9.84 Å². The lowest BCUT2D eigenvalue weighted by Gasteiger charge is -2.25. The highest BCUT2D eigenvalue weighted by atomic mass is 35.5. The van der Waals surface area contributed by atoms with Gasteiger partial charge in [-0.15, -0.1) is 12.4 Å². The second-order valence-electron chi connectivity index (χ2n) is 8.24. The fourth-order valence-corrected chi connectivity index (χ4v) is 5.73. The van der Waals surface area contributed by atoms with Gasteiger partial charge in [0.25, 0.3) is 0 Å². The Hall–Kier alpha value is -2.77. The van der Waals surface area contributed by atoms with E-state index in [2.05, 4.69) is 10.1 Å². The summed E-state index contributed by atoms with van der Waals surface area (Å²) in [5, 5.41) is 4.39. The van der Waals surface area contributed by atoms with E-state index in [4.69, 9.17) is 26.6 Å². The van der Waals surface area contributed by atoms with Crippen LogP contribution in [0.25, 0.3) is 11.4 Å². The first-order chi connectivity index (χ1) is 16.7. The lowest BCUT2D eigenvalue weighted by atomic mass is 10.1. The molecule has 2 aliphatic rings. The molecule has 0 unspecified atom stereocenters. The van der Waals surface area contributed by atoms with Crippen molar-refractivity contribution in [3.63, 3.8) is 0 Å². The summed E-state index contributed by atoms with van der Waals surface area (Å²) in [5.41, 5.74) is 6.50. The van der Waals surface area contributed by atoms with E-state index in [-0.39, 0.29) is 46.9 Å². The fourth-order valence-electron chi connectivity index (χ4n) is 4.03. The summed E-state index contributed by atoms with van der Waals surface area (Å²) in [7, 11) is -4.06. The summed E-state index contributed by atoms with van der Waals surface area (Å²) in [5.74, 6) is -2.19. The van der Waals surface area contributed by atoms with E-state index in [0.29, 0.717) is 36.9 Å². The summed E-state index contributed by atoms with van der Waals surface area (Å²) in [6.07, 6.45) is 0. The quantitative estimate of drug-likeness (QED) is 0.513. The number of carbonyl (C=O) groups is 1. The Balaban J connectivity index is 0.00000304. The van der Waals surface area contributed by atoms with Crippen LogP contribution in [0.5, 0.6) is 0 Å². The third kappa shape index (κ3) is 5.04. The molecule has 1 atom stereocenters. The fraction of sp³-hybridized carbons (Fsp3) is 0.318. The number of carbonyl (C=O) groups excluding carboxylic acids is 1. The predicted molar refractivity (Wildman–Crippen MR) is 133 cm³/mol.